The van der Waals surface area contributed by atoms with Crippen LogP contribution >= 0.6 is 0 Å². The number of hydrogen-bond donors (Lipinski definition) is 1. The lowest BCUT2D eigenvalue weighted by atomic mass is 9.85. The molecule has 96 valence electrons. The van der Waals surface area contributed by atoms with Crippen molar-refractivity contribution in [3.63, 3.8) is 0 Å². The molecule has 1 aromatic carbocycles. The first-order chi connectivity index (χ1) is 7.86. The Kier molecular flexibility index (Phi) is 4.52. The Hall–Kier alpha value is -1.09. The van der Waals surface area contributed by atoms with Crippen molar-refractivity contribution in [1.82, 2.24) is 5.32 Å². The molecule has 0 aliphatic heterocycles. The summed E-state index contributed by atoms with van der Waals surface area (Å²) in [5, 5.41) is 3.27. The first kappa shape index (κ1) is 14.0. The molecule has 1 rings (SSSR count). The van der Waals surface area contributed by atoms with Gasteiger partial charge in [0.1, 0.15) is 5.82 Å². The fraction of sp³-hybridized carbons (Fsp3) is 0.571. The minimum atomic E-state index is -0.186. The zero-order valence-corrected chi connectivity index (χ0v) is 11.4. The van der Waals surface area contributed by atoms with E-state index in [9.17, 15) is 4.39 Å². The van der Waals surface area contributed by atoms with Gasteiger partial charge in [-0.3, -0.25) is 0 Å². The van der Waals surface area contributed by atoms with Gasteiger partial charge in [-0.1, -0.05) is 19.9 Å². The molecule has 0 saturated heterocycles. The molecular weight excluding hydrogens is 215 g/mol. The van der Waals surface area contributed by atoms with E-state index in [1.54, 1.807) is 12.1 Å². The zero-order valence-electron chi connectivity index (χ0n) is 11.4. The van der Waals surface area contributed by atoms with Gasteiger partial charge in [0.15, 0.2) is 0 Å². The van der Waals surface area contributed by atoms with Crippen LogP contribution in [0.2, 0.25) is 0 Å². The van der Waals surface area contributed by atoms with Crippen LogP contribution in [0, 0.1) is 11.2 Å². The van der Waals surface area contributed by atoms with Gasteiger partial charge >= 0.3 is 0 Å². The maximum atomic E-state index is 13.1. The summed E-state index contributed by atoms with van der Waals surface area (Å²) in [6.45, 7) is 7.46. The lowest BCUT2D eigenvalue weighted by molar-refractivity contribution is 0.275. The van der Waals surface area contributed by atoms with Crippen LogP contribution in [0.3, 0.4) is 0 Å². The smallest absolute Gasteiger partial charge is 0.125 e. The number of anilines is 1. The van der Waals surface area contributed by atoms with Gasteiger partial charge in [-0.25, -0.2) is 4.39 Å². The van der Waals surface area contributed by atoms with Gasteiger partial charge in [0.25, 0.3) is 0 Å². The first-order valence-corrected chi connectivity index (χ1v) is 6.01. The summed E-state index contributed by atoms with van der Waals surface area (Å²) in [6, 6.07) is 7.12. The molecule has 0 fully saturated rings. The molecular formula is C14H23FN2. The van der Waals surface area contributed by atoms with Gasteiger partial charge < -0.3 is 10.2 Å². The second kappa shape index (κ2) is 5.50. The van der Waals surface area contributed by atoms with Crippen LogP contribution in [0.5, 0.6) is 0 Å². The predicted octanol–water partition coefficient (Wildman–Crippen LogP) is 2.90. The minimum Gasteiger partial charge on any atom is -0.374 e. The molecule has 17 heavy (non-hydrogen) atoms. The van der Waals surface area contributed by atoms with Gasteiger partial charge in [0.2, 0.25) is 0 Å². The molecule has 1 N–H and O–H groups in total. The normalized spacial score (nSPS) is 13.5. The lowest BCUT2D eigenvalue weighted by Gasteiger charge is -2.36. The molecule has 0 aliphatic carbocycles. The zero-order chi connectivity index (χ0) is 13.1. The second-order valence-electron chi connectivity index (χ2n) is 5.33. The highest BCUT2D eigenvalue weighted by Gasteiger charge is 2.26. The SMILES string of the molecule is CNC(C)C(C)(C)CN(C)c1cccc(F)c1. The van der Waals surface area contributed by atoms with Crippen molar-refractivity contribution in [2.45, 2.75) is 26.8 Å². The molecule has 0 saturated carbocycles. The highest BCUT2D eigenvalue weighted by atomic mass is 19.1. The quantitative estimate of drug-likeness (QED) is 0.848. The predicted molar refractivity (Wildman–Crippen MR) is 72.0 cm³/mol. The lowest BCUT2D eigenvalue weighted by Crippen LogP contribution is -2.44. The van der Waals surface area contributed by atoms with Crippen LogP contribution < -0.4 is 10.2 Å². The highest BCUT2D eigenvalue weighted by molar-refractivity contribution is 5.45. The Bertz CT molecular complexity index is 363. The van der Waals surface area contributed by atoms with Crippen LogP contribution in [0.25, 0.3) is 0 Å². The van der Waals surface area contributed by atoms with E-state index in [-0.39, 0.29) is 11.2 Å². The van der Waals surface area contributed by atoms with E-state index in [2.05, 4.69) is 31.0 Å². The number of halogens is 1. The minimum absolute atomic E-state index is 0.121. The fourth-order valence-electron chi connectivity index (χ4n) is 1.94. The maximum absolute atomic E-state index is 13.1. The Morgan fingerprint density at radius 3 is 2.59 bits per heavy atom. The summed E-state index contributed by atoms with van der Waals surface area (Å²) in [7, 11) is 3.97. The summed E-state index contributed by atoms with van der Waals surface area (Å²) in [5.74, 6) is -0.186. The number of rotatable bonds is 5. The summed E-state index contributed by atoms with van der Waals surface area (Å²) in [6.07, 6.45) is 0. The summed E-state index contributed by atoms with van der Waals surface area (Å²) in [4.78, 5) is 2.09. The molecule has 0 aromatic heterocycles. The molecule has 0 aliphatic rings. The van der Waals surface area contributed by atoms with Crippen LogP contribution in [-0.2, 0) is 0 Å². The molecule has 0 amide bonds. The third-order valence-electron chi connectivity index (χ3n) is 3.50. The van der Waals surface area contributed by atoms with Gasteiger partial charge in [0, 0.05) is 25.3 Å². The number of nitrogens with one attached hydrogen (secondary N) is 1. The van der Waals surface area contributed by atoms with E-state index in [1.807, 2.05) is 20.2 Å². The molecule has 3 heteroatoms. The summed E-state index contributed by atoms with van der Waals surface area (Å²) >= 11 is 0. The van der Waals surface area contributed by atoms with Gasteiger partial charge in [0.05, 0.1) is 0 Å². The average Bonchev–Trinajstić information content (AvgIpc) is 2.27. The summed E-state index contributed by atoms with van der Waals surface area (Å²) in [5.41, 5.74) is 1.04. The first-order valence-electron chi connectivity index (χ1n) is 6.01. The van der Waals surface area contributed by atoms with Crippen molar-refractivity contribution in [3.8, 4) is 0 Å². The van der Waals surface area contributed by atoms with Crippen LogP contribution in [0.1, 0.15) is 20.8 Å². The van der Waals surface area contributed by atoms with Crippen LogP contribution in [0.4, 0.5) is 10.1 Å². The Balaban J connectivity index is 2.75. The van der Waals surface area contributed by atoms with E-state index < -0.39 is 0 Å². The van der Waals surface area contributed by atoms with Gasteiger partial charge in [-0.2, -0.15) is 0 Å². The largest absolute Gasteiger partial charge is 0.374 e. The van der Waals surface area contributed by atoms with Crippen molar-refractivity contribution in [2.75, 3.05) is 25.5 Å². The number of nitrogens with zero attached hydrogens (tertiary/aromatic N) is 1. The van der Waals surface area contributed by atoms with Crippen molar-refractivity contribution in [3.05, 3.63) is 30.1 Å². The van der Waals surface area contributed by atoms with Gasteiger partial charge in [-0.15, -0.1) is 0 Å². The second-order valence-corrected chi connectivity index (χ2v) is 5.33. The van der Waals surface area contributed by atoms with Crippen LogP contribution in [-0.4, -0.2) is 26.7 Å². The van der Waals surface area contributed by atoms with Gasteiger partial charge in [-0.05, 0) is 37.6 Å². The topological polar surface area (TPSA) is 15.3 Å². The average molecular weight is 238 g/mol. The monoisotopic (exact) mass is 238 g/mol. The maximum Gasteiger partial charge on any atom is 0.125 e. The van der Waals surface area contributed by atoms with Crippen molar-refractivity contribution >= 4 is 5.69 Å². The summed E-state index contributed by atoms with van der Waals surface area (Å²) < 4.78 is 13.1. The molecule has 1 aromatic rings. The molecule has 1 atom stereocenters. The number of hydrogen-bond acceptors (Lipinski definition) is 2. The standard InChI is InChI=1S/C14H23FN2/c1-11(16-4)14(2,3)10-17(5)13-8-6-7-12(15)9-13/h6-9,11,16H,10H2,1-5H3. The van der Waals surface area contributed by atoms with Crippen molar-refractivity contribution in [2.24, 2.45) is 5.41 Å². The van der Waals surface area contributed by atoms with Crippen LogP contribution in [0.15, 0.2) is 24.3 Å². The van der Waals surface area contributed by atoms with E-state index in [0.29, 0.717) is 6.04 Å². The Morgan fingerprint density at radius 2 is 2.06 bits per heavy atom. The molecule has 1 unspecified atom stereocenters. The van der Waals surface area contributed by atoms with Crippen molar-refractivity contribution in [1.29, 1.82) is 0 Å². The molecule has 2 nitrogen and oxygen atoms in total. The number of benzene rings is 1. The van der Waals surface area contributed by atoms with Crippen molar-refractivity contribution < 1.29 is 4.39 Å². The van der Waals surface area contributed by atoms with E-state index >= 15 is 0 Å². The van der Waals surface area contributed by atoms with E-state index in [1.165, 1.54) is 6.07 Å². The molecule has 0 bridgehead atoms. The third kappa shape index (κ3) is 3.70. The Labute approximate surface area is 104 Å². The highest BCUT2D eigenvalue weighted by Crippen LogP contribution is 2.24. The third-order valence-corrected chi connectivity index (χ3v) is 3.50. The fourth-order valence-corrected chi connectivity index (χ4v) is 1.94. The van der Waals surface area contributed by atoms with E-state index in [4.69, 9.17) is 0 Å². The van der Waals surface area contributed by atoms with E-state index in [0.717, 1.165) is 12.2 Å². The Morgan fingerprint density at radius 1 is 1.41 bits per heavy atom. The molecule has 0 spiro atoms. The molecule has 0 heterocycles. The molecule has 0 radical (unpaired) electrons.